The van der Waals surface area contributed by atoms with E-state index in [0.717, 1.165) is 16.6 Å². The first-order chi connectivity index (χ1) is 14.5. The maximum atomic E-state index is 12.9. The highest BCUT2D eigenvalue weighted by atomic mass is 16.5. The fourth-order valence-electron chi connectivity index (χ4n) is 3.65. The molecular weight excluding hydrogens is 384 g/mol. The summed E-state index contributed by atoms with van der Waals surface area (Å²) in [6.45, 7) is 3.70. The third-order valence-electron chi connectivity index (χ3n) is 4.90. The number of para-hydroxylation sites is 2. The molecule has 2 heterocycles. The van der Waals surface area contributed by atoms with Crippen molar-refractivity contribution in [3.05, 3.63) is 65.4 Å². The minimum Gasteiger partial charge on any atom is -0.484 e. The standard InChI is InChI=1S/C22H22N4O4/c1-3-29-21(28)19-13(2)24-22-25-16-6-4-5-7-17(16)26(22)20(19)14-8-10-15(11-9-14)30-12-18(23)27/h4-11,20H,3,12H2,1-2H3,(H2,23,27)(H,24,25)/t20-/m1/s1. The Labute approximate surface area is 173 Å². The Bertz CT molecular complexity index is 1150. The summed E-state index contributed by atoms with van der Waals surface area (Å²) in [5, 5.41) is 3.24. The summed E-state index contributed by atoms with van der Waals surface area (Å²) < 4.78 is 12.7. The first kappa shape index (κ1) is 19.5. The van der Waals surface area contributed by atoms with Crippen LogP contribution in [0.1, 0.15) is 25.5 Å². The van der Waals surface area contributed by atoms with E-state index in [1.165, 1.54) is 0 Å². The zero-order valence-corrected chi connectivity index (χ0v) is 16.7. The molecule has 8 nitrogen and oxygen atoms in total. The number of nitrogens with one attached hydrogen (secondary N) is 1. The quantitative estimate of drug-likeness (QED) is 0.610. The molecule has 8 heteroatoms. The van der Waals surface area contributed by atoms with Crippen LogP contribution >= 0.6 is 0 Å². The highest BCUT2D eigenvalue weighted by Gasteiger charge is 2.34. The predicted octanol–water partition coefficient (Wildman–Crippen LogP) is 2.75. The van der Waals surface area contributed by atoms with Crippen LogP contribution in [-0.2, 0) is 14.3 Å². The van der Waals surface area contributed by atoms with E-state index in [4.69, 9.17) is 15.2 Å². The fraction of sp³-hybridized carbons (Fsp3) is 0.227. The third-order valence-corrected chi connectivity index (χ3v) is 4.90. The molecule has 1 aromatic heterocycles. The van der Waals surface area contributed by atoms with E-state index in [1.807, 2.05) is 47.9 Å². The molecule has 0 radical (unpaired) electrons. The van der Waals surface area contributed by atoms with Crippen LogP contribution in [0.5, 0.6) is 5.75 Å². The number of carbonyl (C=O) groups is 2. The van der Waals surface area contributed by atoms with Crippen LogP contribution in [0.3, 0.4) is 0 Å². The number of amides is 1. The lowest BCUT2D eigenvalue weighted by molar-refractivity contribution is -0.139. The van der Waals surface area contributed by atoms with E-state index in [-0.39, 0.29) is 19.2 Å². The second-order valence-corrected chi connectivity index (χ2v) is 6.90. The van der Waals surface area contributed by atoms with Gasteiger partial charge in [0.1, 0.15) is 5.75 Å². The number of hydrogen-bond donors (Lipinski definition) is 2. The zero-order chi connectivity index (χ0) is 21.3. The Morgan fingerprint density at radius 2 is 1.90 bits per heavy atom. The fourth-order valence-corrected chi connectivity index (χ4v) is 3.65. The van der Waals surface area contributed by atoms with Crippen LogP contribution in [0.2, 0.25) is 0 Å². The van der Waals surface area contributed by atoms with Gasteiger partial charge in [0.15, 0.2) is 6.61 Å². The molecular formula is C22H22N4O4. The summed E-state index contributed by atoms with van der Waals surface area (Å²) in [5.74, 6) is 0.237. The maximum absolute atomic E-state index is 12.9. The van der Waals surface area contributed by atoms with Gasteiger partial charge >= 0.3 is 5.97 Å². The molecule has 0 saturated heterocycles. The lowest BCUT2D eigenvalue weighted by Gasteiger charge is -2.30. The lowest BCUT2D eigenvalue weighted by Crippen LogP contribution is -2.29. The molecule has 2 aromatic carbocycles. The maximum Gasteiger partial charge on any atom is 0.338 e. The number of anilines is 1. The first-order valence-electron chi connectivity index (χ1n) is 9.62. The van der Waals surface area contributed by atoms with E-state index >= 15 is 0 Å². The molecule has 4 rings (SSSR count). The molecule has 3 N–H and O–H groups in total. The summed E-state index contributed by atoms with van der Waals surface area (Å²) in [5.41, 5.74) is 8.92. The number of allylic oxidation sites excluding steroid dienone is 1. The van der Waals surface area contributed by atoms with E-state index in [2.05, 4.69) is 10.3 Å². The van der Waals surface area contributed by atoms with E-state index in [9.17, 15) is 9.59 Å². The van der Waals surface area contributed by atoms with E-state index < -0.39 is 11.9 Å². The second-order valence-electron chi connectivity index (χ2n) is 6.90. The molecule has 1 aliphatic rings. The summed E-state index contributed by atoms with van der Waals surface area (Å²) >= 11 is 0. The molecule has 0 spiro atoms. The number of carbonyl (C=O) groups excluding carboxylic acids is 2. The number of nitrogens with zero attached hydrogens (tertiary/aromatic N) is 2. The highest BCUT2D eigenvalue weighted by Crippen LogP contribution is 2.39. The lowest BCUT2D eigenvalue weighted by atomic mass is 9.95. The Morgan fingerprint density at radius 3 is 2.60 bits per heavy atom. The first-order valence-corrected chi connectivity index (χ1v) is 9.62. The van der Waals surface area contributed by atoms with Crippen LogP contribution in [0.4, 0.5) is 5.95 Å². The van der Waals surface area contributed by atoms with Crippen molar-refractivity contribution in [1.29, 1.82) is 0 Å². The number of aromatic nitrogens is 2. The Morgan fingerprint density at radius 1 is 1.17 bits per heavy atom. The van der Waals surface area contributed by atoms with Crippen LogP contribution < -0.4 is 15.8 Å². The van der Waals surface area contributed by atoms with Crippen molar-refractivity contribution in [1.82, 2.24) is 9.55 Å². The molecule has 3 aromatic rings. The number of benzene rings is 2. The van der Waals surface area contributed by atoms with Gasteiger partial charge in [0.2, 0.25) is 5.95 Å². The van der Waals surface area contributed by atoms with Gasteiger partial charge in [-0.05, 0) is 43.7 Å². The Kier molecular flexibility index (Phi) is 5.14. The molecule has 1 amide bonds. The smallest absolute Gasteiger partial charge is 0.338 e. The second kappa shape index (κ2) is 7.90. The molecule has 0 bridgehead atoms. The van der Waals surface area contributed by atoms with Crippen molar-refractivity contribution in [2.45, 2.75) is 19.9 Å². The Balaban J connectivity index is 1.83. The van der Waals surface area contributed by atoms with Gasteiger partial charge in [0, 0.05) is 5.70 Å². The van der Waals surface area contributed by atoms with Crippen molar-refractivity contribution in [2.24, 2.45) is 5.73 Å². The largest absolute Gasteiger partial charge is 0.484 e. The van der Waals surface area contributed by atoms with Gasteiger partial charge in [-0.25, -0.2) is 9.78 Å². The third kappa shape index (κ3) is 3.47. The van der Waals surface area contributed by atoms with E-state index in [1.54, 1.807) is 19.1 Å². The predicted molar refractivity (Wildman–Crippen MR) is 112 cm³/mol. The van der Waals surface area contributed by atoms with Crippen molar-refractivity contribution < 1.29 is 19.1 Å². The van der Waals surface area contributed by atoms with Gasteiger partial charge in [0.25, 0.3) is 5.91 Å². The number of nitrogens with two attached hydrogens (primary N) is 1. The molecule has 1 atom stereocenters. The molecule has 0 saturated carbocycles. The van der Waals surface area contributed by atoms with Crippen LogP contribution in [0.25, 0.3) is 11.0 Å². The highest BCUT2D eigenvalue weighted by molar-refractivity contribution is 5.94. The molecule has 0 unspecified atom stereocenters. The Hall–Kier alpha value is -3.81. The molecule has 30 heavy (non-hydrogen) atoms. The number of hydrogen-bond acceptors (Lipinski definition) is 6. The average Bonchev–Trinajstić information content (AvgIpc) is 3.09. The summed E-state index contributed by atoms with van der Waals surface area (Å²) in [4.78, 5) is 28.5. The topological polar surface area (TPSA) is 108 Å². The normalized spacial score (nSPS) is 15.5. The average molecular weight is 406 g/mol. The summed E-state index contributed by atoms with van der Waals surface area (Å²) in [6.07, 6.45) is 0. The minimum atomic E-state index is -0.546. The number of primary amides is 1. The number of fused-ring (bicyclic) bond motifs is 3. The molecule has 0 fully saturated rings. The number of imidazole rings is 1. The minimum absolute atomic E-state index is 0.198. The van der Waals surface area contributed by atoms with Gasteiger partial charge in [-0.2, -0.15) is 0 Å². The van der Waals surface area contributed by atoms with Crippen molar-refractivity contribution >= 4 is 28.9 Å². The van der Waals surface area contributed by atoms with Gasteiger partial charge in [-0.1, -0.05) is 24.3 Å². The molecule has 154 valence electrons. The van der Waals surface area contributed by atoms with Crippen molar-refractivity contribution in [2.75, 3.05) is 18.5 Å². The van der Waals surface area contributed by atoms with Gasteiger partial charge in [-0.3, -0.25) is 9.36 Å². The molecule has 1 aliphatic heterocycles. The van der Waals surface area contributed by atoms with E-state index in [0.29, 0.717) is 23.0 Å². The van der Waals surface area contributed by atoms with Crippen LogP contribution in [0.15, 0.2) is 59.8 Å². The molecule has 0 aliphatic carbocycles. The van der Waals surface area contributed by atoms with Crippen LogP contribution in [0, 0.1) is 0 Å². The van der Waals surface area contributed by atoms with Gasteiger partial charge in [-0.15, -0.1) is 0 Å². The van der Waals surface area contributed by atoms with Crippen molar-refractivity contribution in [3.63, 3.8) is 0 Å². The van der Waals surface area contributed by atoms with Crippen molar-refractivity contribution in [3.8, 4) is 5.75 Å². The summed E-state index contributed by atoms with van der Waals surface area (Å²) in [7, 11) is 0. The monoisotopic (exact) mass is 406 g/mol. The number of ether oxygens (including phenoxy) is 2. The van der Waals surface area contributed by atoms with Gasteiger partial charge in [0.05, 0.1) is 29.3 Å². The number of rotatable bonds is 6. The van der Waals surface area contributed by atoms with Crippen LogP contribution in [-0.4, -0.2) is 34.6 Å². The SMILES string of the molecule is CCOC(=O)C1=C(C)Nc2nc3ccccc3n2[C@@H]1c1ccc(OCC(N)=O)cc1. The number of esters is 1. The zero-order valence-electron chi connectivity index (χ0n) is 16.7. The van der Waals surface area contributed by atoms with Gasteiger partial charge < -0.3 is 20.5 Å². The summed E-state index contributed by atoms with van der Waals surface area (Å²) in [6, 6.07) is 14.5.